The largest absolute Gasteiger partial charge is 0.465 e. The van der Waals surface area contributed by atoms with Crippen molar-refractivity contribution < 1.29 is 49.8 Å². The number of alkyl halides is 8. The van der Waals surface area contributed by atoms with Gasteiger partial charge in [0.1, 0.15) is 0 Å². The normalized spacial score (nSPS) is 17.2. The molecule has 0 heterocycles. The molecular formula is C16H21F8NO3. The molecule has 1 amide bonds. The number of allylic oxidation sites excluding steroid dienone is 2. The first-order valence-electron chi connectivity index (χ1n) is 7.89. The van der Waals surface area contributed by atoms with Gasteiger partial charge < -0.3 is 5.11 Å². The van der Waals surface area contributed by atoms with Crippen LogP contribution in [0, 0.1) is 5.41 Å². The molecule has 0 aliphatic heterocycles. The number of hydrogen-bond donors (Lipinski definition) is 1. The van der Waals surface area contributed by atoms with Crippen molar-refractivity contribution in [2.24, 2.45) is 5.41 Å². The lowest BCUT2D eigenvalue weighted by Gasteiger charge is -2.27. The molecule has 0 saturated carbocycles. The van der Waals surface area contributed by atoms with Crippen LogP contribution in [0.1, 0.15) is 33.6 Å². The van der Waals surface area contributed by atoms with Gasteiger partial charge in [0.15, 0.2) is 5.78 Å². The number of amides is 1. The summed E-state index contributed by atoms with van der Waals surface area (Å²) in [5.41, 5.74) is 1.43. The standard InChI is InChI=1S/C9H14O.C7H7F8NO2/c1-7-4-8(10)6-9(2,3)5-7;8-3(9)6(12,13)1-16(5(17)18)2-7(14,15)4(10)11/h4H,5-6H2,1-3H3;3-4H,1-2H2,(H,17,18). The van der Waals surface area contributed by atoms with E-state index in [0.717, 1.165) is 6.42 Å². The zero-order valence-corrected chi connectivity index (χ0v) is 15.3. The molecule has 0 saturated heterocycles. The van der Waals surface area contributed by atoms with Gasteiger partial charge in [-0.3, -0.25) is 9.69 Å². The molecule has 0 radical (unpaired) electrons. The predicted molar refractivity (Wildman–Crippen MR) is 83.3 cm³/mol. The minimum atomic E-state index is -4.91. The maximum atomic E-state index is 12.4. The lowest BCUT2D eigenvalue weighted by molar-refractivity contribution is -0.165. The van der Waals surface area contributed by atoms with Crippen molar-refractivity contribution in [1.82, 2.24) is 4.90 Å². The van der Waals surface area contributed by atoms with E-state index < -0.39 is 48.8 Å². The van der Waals surface area contributed by atoms with Gasteiger partial charge in [-0.15, -0.1) is 0 Å². The number of carboxylic acid groups (broad SMARTS) is 1. The third-order valence-corrected chi connectivity index (χ3v) is 3.53. The average molecular weight is 427 g/mol. The van der Waals surface area contributed by atoms with E-state index in [1.165, 1.54) is 5.57 Å². The molecule has 28 heavy (non-hydrogen) atoms. The zero-order valence-electron chi connectivity index (χ0n) is 15.3. The van der Waals surface area contributed by atoms with Crippen LogP contribution in [-0.2, 0) is 4.79 Å². The summed E-state index contributed by atoms with van der Waals surface area (Å²) >= 11 is 0. The smallest absolute Gasteiger partial charge is 0.407 e. The number of ketones is 1. The summed E-state index contributed by atoms with van der Waals surface area (Å²) in [5, 5.41) is 8.23. The Labute approximate surface area is 156 Å². The van der Waals surface area contributed by atoms with E-state index in [9.17, 15) is 44.7 Å². The number of carbonyl (C=O) groups excluding carboxylic acids is 1. The lowest BCUT2D eigenvalue weighted by atomic mass is 9.77. The second kappa shape index (κ2) is 9.55. The van der Waals surface area contributed by atoms with E-state index in [1.807, 2.05) is 6.92 Å². The summed E-state index contributed by atoms with van der Waals surface area (Å²) in [5.74, 6) is -9.53. The van der Waals surface area contributed by atoms with Crippen LogP contribution in [0.25, 0.3) is 0 Å². The molecule has 164 valence electrons. The Morgan fingerprint density at radius 2 is 1.46 bits per heavy atom. The monoisotopic (exact) mass is 427 g/mol. The Morgan fingerprint density at radius 1 is 1.07 bits per heavy atom. The van der Waals surface area contributed by atoms with E-state index >= 15 is 0 Å². The van der Waals surface area contributed by atoms with Gasteiger partial charge in [0.05, 0.1) is 13.1 Å². The Morgan fingerprint density at radius 3 is 1.71 bits per heavy atom. The fraction of sp³-hybridized carbons (Fsp3) is 0.750. The van der Waals surface area contributed by atoms with Gasteiger partial charge in [0.25, 0.3) is 0 Å². The fourth-order valence-electron chi connectivity index (χ4n) is 2.50. The number of halogens is 8. The molecule has 1 rings (SSSR count). The SMILES string of the molecule is CC1=CC(=O)CC(C)(C)C1.O=C(O)N(CC(F)(F)C(F)F)CC(F)(F)C(F)F. The maximum Gasteiger partial charge on any atom is 0.407 e. The van der Waals surface area contributed by atoms with Crippen molar-refractivity contribution in [1.29, 1.82) is 0 Å². The fourth-order valence-corrected chi connectivity index (χ4v) is 2.50. The molecule has 0 aromatic carbocycles. The van der Waals surface area contributed by atoms with Crippen molar-refractivity contribution in [2.45, 2.75) is 58.3 Å². The topological polar surface area (TPSA) is 57.6 Å². The highest BCUT2D eigenvalue weighted by atomic mass is 19.3. The average Bonchev–Trinajstić information content (AvgIpc) is 2.43. The van der Waals surface area contributed by atoms with Gasteiger partial charge in [0, 0.05) is 6.42 Å². The lowest BCUT2D eigenvalue weighted by Crippen LogP contribution is -2.50. The molecule has 1 aliphatic carbocycles. The molecule has 0 spiro atoms. The first kappa shape index (κ1) is 26.1. The second-order valence-electron chi connectivity index (χ2n) is 7.24. The molecular weight excluding hydrogens is 406 g/mol. The molecule has 1 N–H and O–H groups in total. The molecule has 0 bridgehead atoms. The Kier molecular flexibility index (Phi) is 8.91. The molecule has 1 aliphatic rings. The molecule has 0 unspecified atom stereocenters. The number of nitrogens with zero attached hydrogens (tertiary/aromatic N) is 1. The van der Waals surface area contributed by atoms with Gasteiger partial charge >= 0.3 is 30.8 Å². The molecule has 0 atom stereocenters. The first-order chi connectivity index (χ1) is 12.4. The Hall–Kier alpha value is -1.88. The highest BCUT2D eigenvalue weighted by molar-refractivity contribution is 5.91. The van der Waals surface area contributed by atoms with Crippen molar-refractivity contribution in [3.8, 4) is 0 Å². The van der Waals surface area contributed by atoms with Crippen molar-refractivity contribution in [3.63, 3.8) is 0 Å². The second-order valence-corrected chi connectivity index (χ2v) is 7.24. The van der Waals surface area contributed by atoms with Crippen LogP contribution in [0.5, 0.6) is 0 Å². The summed E-state index contributed by atoms with van der Waals surface area (Å²) < 4.78 is 96.7. The van der Waals surface area contributed by atoms with Gasteiger partial charge in [-0.1, -0.05) is 19.4 Å². The third kappa shape index (κ3) is 8.87. The number of carbonyl (C=O) groups is 2. The van der Waals surface area contributed by atoms with Crippen LogP contribution < -0.4 is 0 Å². The van der Waals surface area contributed by atoms with Crippen molar-refractivity contribution >= 4 is 11.9 Å². The van der Waals surface area contributed by atoms with Crippen molar-refractivity contribution in [2.75, 3.05) is 13.1 Å². The van der Waals surface area contributed by atoms with Crippen LogP contribution in [0.4, 0.5) is 39.9 Å². The highest BCUT2D eigenvalue weighted by Gasteiger charge is 2.48. The first-order valence-corrected chi connectivity index (χ1v) is 7.89. The van der Waals surface area contributed by atoms with Crippen LogP contribution in [0.2, 0.25) is 0 Å². The number of rotatable bonds is 6. The molecule has 0 aromatic heterocycles. The summed E-state index contributed by atoms with van der Waals surface area (Å²) in [4.78, 5) is 20.4. The molecule has 0 aromatic rings. The van der Waals surface area contributed by atoms with E-state index in [-0.39, 0.29) is 11.2 Å². The van der Waals surface area contributed by atoms with Gasteiger partial charge in [-0.25, -0.2) is 22.4 Å². The van der Waals surface area contributed by atoms with Gasteiger partial charge in [-0.2, -0.15) is 17.6 Å². The molecule has 12 heteroatoms. The molecule has 0 fully saturated rings. The maximum absolute atomic E-state index is 12.4. The summed E-state index contributed by atoms with van der Waals surface area (Å²) in [6.07, 6.45) is -7.50. The summed E-state index contributed by atoms with van der Waals surface area (Å²) in [7, 11) is 0. The summed E-state index contributed by atoms with van der Waals surface area (Å²) in [6.45, 7) is 1.70. The molecule has 4 nitrogen and oxygen atoms in total. The predicted octanol–water partition coefficient (Wildman–Crippen LogP) is 5.09. The summed E-state index contributed by atoms with van der Waals surface area (Å²) in [6, 6.07) is 0. The third-order valence-electron chi connectivity index (χ3n) is 3.53. The minimum Gasteiger partial charge on any atom is -0.465 e. The van der Waals surface area contributed by atoms with Crippen LogP contribution in [-0.4, -0.2) is 59.7 Å². The van der Waals surface area contributed by atoms with Crippen LogP contribution in [0.3, 0.4) is 0 Å². The van der Waals surface area contributed by atoms with Crippen LogP contribution >= 0.6 is 0 Å². The Balaban J connectivity index is 0.000000609. The van der Waals surface area contributed by atoms with Crippen LogP contribution in [0.15, 0.2) is 11.6 Å². The zero-order chi connectivity index (χ0) is 22.5. The van der Waals surface area contributed by atoms with E-state index in [4.69, 9.17) is 5.11 Å². The Bertz CT molecular complexity index is 568. The quantitative estimate of drug-likeness (QED) is 0.601. The van der Waals surface area contributed by atoms with E-state index in [1.54, 1.807) is 6.08 Å². The highest BCUT2D eigenvalue weighted by Crippen LogP contribution is 2.33. The van der Waals surface area contributed by atoms with Crippen molar-refractivity contribution in [3.05, 3.63) is 11.6 Å². The number of hydrogen-bond acceptors (Lipinski definition) is 2. The van der Waals surface area contributed by atoms with E-state index in [2.05, 4.69) is 13.8 Å². The van der Waals surface area contributed by atoms with Gasteiger partial charge in [-0.05, 0) is 24.8 Å². The minimum absolute atomic E-state index is 0.204. The van der Waals surface area contributed by atoms with Gasteiger partial charge in [0.2, 0.25) is 0 Å². The van der Waals surface area contributed by atoms with E-state index in [0.29, 0.717) is 6.42 Å².